The van der Waals surface area contributed by atoms with Crippen LogP contribution in [0, 0.1) is 5.92 Å². The fraction of sp³-hybridized carbons (Fsp3) is 0.765. The van der Waals surface area contributed by atoms with Crippen molar-refractivity contribution in [2.24, 2.45) is 5.92 Å². The van der Waals surface area contributed by atoms with Crippen LogP contribution in [0.4, 0.5) is 0 Å². The number of rotatable bonds is 4. The maximum atomic E-state index is 12.2. The van der Waals surface area contributed by atoms with Gasteiger partial charge in [0, 0.05) is 12.5 Å². The van der Waals surface area contributed by atoms with Crippen molar-refractivity contribution < 1.29 is 14.7 Å². The summed E-state index contributed by atoms with van der Waals surface area (Å²) in [6.07, 6.45) is 12.8. The van der Waals surface area contributed by atoms with Crippen LogP contribution in [0.15, 0.2) is 11.6 Å². The number of hydrogen-bond acceptors (Lipinski definition) is 2. The first-order chi connectivity index (χ1) is 10.2. The molecule has 0 aromatic heterocycles. The lowest BCUT2D eigenvalue weighted by Crippen LogP contribution is -2.44. The van der Waals surface area contributed by atoms with Gasteiger partial charge >= 0.3 is 5.97 Å². The van der Waals surface area contributed by atoms with Gasteiger partial charge in [-0.2, -0.15) is 0 Å². The van der Waals surface area contributed by atoms with Crippen LogP contribution in [0.25, 0.3) is 0 Å². The second-order valence-corrected chi connectivity index (χ2v) is 6.40. The molecule has 2 aliphatic carbocycles. The summed E-state index contributed by atoms with van der Waals surface area (Å²) in [5.74, 6) is -1.19. The molecule has 0 aromatic rings. The molecule has 0 aromatic carbocycles. The summed E-state index contributed by atoms with van der Waals surface area (Å²) in [7, 11) is 0. The van der Waals surface area contributed by atoms with Gasteiger partial charge in [0.2, 0.25) is 5.91 Å². The van der Waals surface area contributed by atoms with Crippen LogP contribution < -0.4 is 5.32 Å². The van der Waals surface area contributed by atoms with Crippen LogP contribution in [-0.2, 0) is 9.59 Å². The van der Waals surface area contributed by atoms with Gasteiger partial charge in [0.15, 0.2) is 0 Å². The van der Waals surface area contributed by atoms with Crippen molar-refractivity contribution in [3.05, 3.63) is 11.6 Å². The van der Waals surface area contributed by atoms with Crippen molar-refractivity contribution in [1.29, 1.82) is 0 Å². The highest BCUT2D eigenvalue weighted by Gasteiger charge is 2.29. The number of nitrogens with one attached hydrogen (secondary N) is 1. The smallest absolute Gasteiger partial charge is 0.308 e. The standard InChI is InChI=1S/C17H27NO3/c19-16(12-13-8-4-3-5-9-13)18-15-11-7-2-1-6-10-14(15)17(20)21/h8,14-15H,1-7,9-12H2,(H,18,19)(H,20,21). The predicted molar refractivity (Wildman–Crippen MR) is 81.9 cm³/mol. The van der Waals surface area contributed by atoms with Gasteiger partial charge in [-0.15, -0.1) is 0 Å². The summed E-state index contributed by atoms with van der Waals surface area (Å²) in [6.45, 7) is 0. The van der Waals surface area contributed by atoms with E-state index in [9.17, 15) is 14.7 Å². The third-order valence-corrected chi connectivity index (χ3v) is 4.70. The lowest BCUT2D eigenvalue weighted by atomic mass is 9.86. The Morgan fingerprint density at radius 2 is 1.86 bits per heavy atom. The molecule has 0 bridgehead atoms. The molecular formula is C17H27NO3. The summed E-state index contributed by atoms with van der Waals surface area (Å²) in [5.41, 5.74) is 1.22. The molecule has 0 heterocycles. The van der Waals surface area contributed by atoms with Crippen molar-refractivity contribution in [3.63, 3.8) is 0 Å². The normalized spacial score (nSPS) is 27.1. The molecule has 2 aliphatic rings. The van der Waals surface area contributed by atoms with Crippen LogP contribution >= 0.6 is 0 Å². The van der Waals surface area contributed by atoms with E-state index in [4.69, 9.17) is 0 Å². The van der Waals surface area contributed by atoms with Crippen LogP contribution in [0.3, 0.4) is 0 Å². The van der Waals surface area contributed by atoms with E-state index in [-0.39, 0.29) is 11.9 Å². The molecule has 0 spiro atoms. The Morgan fingerprint density at radius 1 is 1.10 bits per heavy atom. The largest absolute Gasteiger partial charge is 0.481 e. The lowest BCUT2D eigenvalue weighted by molar-refractivity contribution is -0.143. The highest BCUT2D eigenvalue weighted by molar-refractivity contribution is 5.80. The second kappa shape index (κ2) is 8.20. The number of aliphatic carboxylic acids is 1. The minimum atomic E-state index is -0.765. The highest BCUT2D eigenvalue weighted by Crippen LogP contribution is 2.24. The van der Waals surface area contributed by atoms with Gasteiger partial charge < -0.3 is 10.4 Å². The molecule has 21 heavy (non-hydrogen) atoms. The average molecular weight is 293 g/mol. The number of carbonyl (C=O) groups excluding carboxylic acids is 1. The second-order valence-electron chi connectivity index (χ2n) is 6.40. The van der Waals surface area contributed by atoms with Gasteiger partial charge in [-0.1, -0.05) is 37.3 Å². The minimum absolute atomic E-state index is 0.0000246. The van der Waals surface area contributed by atoms with Gasteiger partial charge in [-0.3, -0.25) is 9.59 Å². The molecule has 2 rings (SSSR count). The van der Waals surface area contributed by atoms with Crippen LogP contribution in [0.5, 0.6) is 0 Å². The van der Waals surface area contributed by atoms with Crippen molar-refractivity contribution in [2.75, 3.05) is 0 Å². The molecule has 1 amide bonds. The molecule has 4 heteroatoms. The van der Waals surface area contributed by atoms with Crippen molar-refractivity contribution in [3.8, 4) is 0 Å². The van der Waals surface area contributed by atoms with E-state index in [1.54, 1.807) is 0 Å². The molecule has 1 saturated carbocycles. The topological polar surface area (TPSA) is 66.4 Å². The maximum Gasteiger partial charge on any atom is 0.308 e. The zero-order chi connectivity index (χ0) is 15.1. The van der Waals surface area contributed by atoms with Gasteiger partial charge in [0.1, 0.15) is 0 Å². The molecule has 118 valence electrons. The van der Waals surface area contributed by atoms with Crippen molar-refractivity contribution in [1.82, 2.24) is 5.32 Å². The first-order valence-corrected chi connectivity index (χ1v) is 8.37. The number of carbonyl (C=O) groups is 2. The minimum Gasteiger partial charge on any atom is -0.481 e. The summed E-state index contributed by atoms with van der Waals surface area (Å²) in [5, 5.41) is 12.4. The lowest BCUT2D eigenvalue weighted by Gasteiger charge is -2.27. The highest BCUT2D eigenvalue weighted by atomic mass is 16.4. The Labute approximate surface area is 127 Å². The molecule has 0 radical (unpaired) electrons. The van der Waals surface area contributed by atoms with Gasteiger partial charge in [-0.25, -0.2) is 0 Å². The monoisotopic (exact) mass is 293 g/mol. The average Bonchev–Trinajstić information content (AvgIpc) is 2.42. The molecule has 2 unspecified atom stereocenters. The van der Waals surface area contributed by atoms with Crippen LogP contribution in [-0.4, -0.2) is 23.0 Å². The fourth-order valence-corrected chi connectivity index (χ4v) is 3.48. The molecule has 0 aliphatic heterocycles. The summed E-state index contributed by atoms with van der Waals surface area (Å²) in [4.78, 5) is 23.6. The maximum absolute atomic E-state index is 12.2. The number of carboxylic acids is 1. The summed E-state index contributed by atoms with van der Waals surface area (Å²) < 4.78 is 0. The number of hydrogen-bond donors (Lipinski definition) is 2. The Morgan fingerprint density at radius 3 is 2.52 bits per heavy atom. The molecule has 2 N–H and O–H groups in total. The summed E-state index contributed by atoms with van der Waals surface area (Å²) >= 11 is 0. The van der Waals surface area contributed by atoms with Crippen LogP contribution in [0.2, 0.25) is 0 Å². The van der Waals surface area contributed by atoms with E-state index in [1.807, 2.05) is 0 Å². The molecule has 1 fully saturated rings. The first kappa shape index (κ1) is 16.1. The van der Waals surface area contributed by atoms with E-state index < -0.39 is 11.9 Å². The third kappa shape index (κ3) is 5.18. The molecule has 2 atom stereocenters. The van der Waals surface area contributed by atoms with E-state index >= 15 is 0 Å². The number of allylic oxidation sites excluding steroid dienone is 1. The Balaban J connectivity index is 1.91. The van der Waals surface area contributed by atoms with Crippen molar-refractivity contribution in [2.45, 2.75) is 76.7 Å². The van der Waals surface area contributed by atoms with E-state index in [2.05, 4.69) is 11.4 Å². The zero-order valence-corrected chi connectivity index (χ0v) is 12.8. The van der Waals surface area contributed by atoms with Crippen molar-refractivity contribution >= 4 is 11.9 Å². The quantitative estimate of drug-likeness (QED) is 0.780. The molecular weight excluding hydrogens is 266 g/mol. The summed E-state index contributed by atoms with van der Waals surface area (Å²) in [6, 6.07) is -0.195. The third-order valence-electron chi connectivity index (χ3n) is 4.70. The van der Waals surface area contributed by atoms with Crippen LogP contribution in [0.1, 0.15) is 70.6 Å². The predicted octanol–water partition coefficient (Wildman–Crippen LogP) is 3.42. The van der Waals surface area contributed by atoms with E-state index in [0.717, 1.165) is 44.9 Å². The van der Waals surface area contributed by atoms with E-state index in [0.29, 0.717) is 12.8 Å². The number of amides is 1. The molecule has 4 nitrogen and oxygen atoms in total. The molecule has 0 saturated heterocycles. The number of carboxylic acid groups (broad SMARTS) is 1. The van der Waals surface area contributed by atoms with Gasteiger partial charge in [0.05, 0.1) is 5.92 Å². The Hall–Kier alpha value is -1.32. The van der Waals surface area contributed by atoms with E-state index in [1.165, 1.54) is 18.4 Å². The Bertz CT molecular complexity index is 403. The van der Waals surface area contributed by atoms with Gasteiger partial charge in [-0.05, 0) is 38.5 Å². The first-order valence-electron chi connectivity index (χ1n) is 8.37. The zero-order valence-electron chi connectivity index (χ0n) is 12.8. The Kier molecular flexibility index (Phi) is 6.27. The fourth-order valence-electron chi connectivity index (χ4n) is 3.48. The SMILES string of the molecule is O=C(CC1=CCCCC1)NC1CCCCCCC1C(=O)O. The van der Waals surface area contributed by atoms with Gasteiger partial charge in [0.25, 0.3) is 0 Å².